The minimum Gasteiger partial charge on any atom is -0.444 e. The number of amides is 1. The van der Waals surface area contributed by atoms with E-state index in [0.29, 0.717) is 35.8 Å². The SMILES string of the molecule is CC(C)(C)OC(=O)N1CCN(c2nc(N)nc3scnc23)[C@H](CO)C1. The highest BCUT2D eigenvalue weighted by molar-refractivity contribution is 7.16. The van der Waals surface area contributed by atoms with E-state index in [4.69, 9.17) is 10.5 Å². The van der Waals surface area contributed by atoms with Crippen molar-refractivity contribution < 1.29 is 14.6 Å². The fourth-order valence-electron chi connectivity index (χ4n) is 2.75. The van der Waals surface area contributed by atoms with Crippen LogP contribution in [0.2, 0.25) is 0 Å². The number of aromatic nitrogens is 3. The summed E-state index contributed by atoms with van der Waals surface area (Å²) in [5.41, 5.74) is 7.59. The van der Waals surface area contributed by atoms with Crippen LogP contribution in [0.3, 0.4) is 0 Å². The van der Waals surface area contributed by atoms with Crippen LogP contribution in [0.4, 0.5) is 16.6 Å². The molecule has 25 heavy (non-hydrogen) atoms. The molecule has 2 aromatic rings. The van der Waals surface area contributed by atoms with Gasteiger partial charge in [-0.15, -0.1) is 11.3 Å². The van der Waals surface area contributed by atoms with Crippen LogP contribution >= 0.6 is 11.3 Å². The molecule has 0 aromatic carbocycles. The first-order valence-electron chi connectivity index (χ1n) is 8.00. The summed E-state index contributed by atoms with van der Waals surface area (Å²) in [5, 5.41) is 9.83. The molecule has 3 N–H and O–H groups in total. The Hall–Kier alpha value is -2.20. The van der Waals surface area contributed by atoms with Gasteiger partial charge in [0.05, 0.1) is 18.2 Å². The lowest BCUT2D eigenvalue weighted by Gasteiger charge is -2.41. The van der Waals surface area contributed by atoms with Crippen LogP contribution in [-0.4, -0.2) is 68.9 Å². The number of aliphatic hydroxyl groups is 1. The number of piperazine rings is 1. The van der Waals surface area contributed by atoms with Crippen LogP contribution in [0.25, 0.3) is 10.3 Å². The Morgan fingerprint density at radius 1 is 1.44 bits per heavy atom. The molecule has 0 radical (unpaired) electrons. The van der Waals surface area contributed by atoms with Gasteiger partial charge in [0.25, 0.3) is 0 Å². The number of carbonyl (C=O) groups excluding carboxylic acids is 1. The van der Waals surface area contributed by atoms with E-state index in [2.05, 4.69) is 15.0 Å². The average Bonchev–Trinajstić information content (AvgIpc) is 3.00. The van der Waals surface area contributed by atoms with Gasteiger partial charge in [-0.05, 0) is 20.8 Å². The van der Waals surface area contributed by atoms with Crippen LogP contribution < -0.4 is 10.6 Å². The monoisotopic (exact) mass is 366 g/mol. The molecule has 1 fully saturated rings. The lowest BCUT2D eigenvalue weighted by molar-refractivity contribution is 0.0197. The Morgan fingerprint density at radius 2 is 2.20 bits per heavy atom. The third-order valence-electron chi connectivity index (χ3n) is 3.81. The molecule has 0 spiro atoms. The number of ether oxygens (including phenoxy) is 1. The number of hydrogen-bond donors (Lipinski definition) is 2. The van der Waals surface area contributed by atoms with Crippen LogP contribution in [0.15, 0.2) is 5.51 Å². The number of anilines is 2. The molecule has 0 saturated carbocycles. The smallest absolute Gasteiger partial charge is 0.410 e. The van der Waals surface area contributed by atoms with E-state index in [1.807, 2.05) is 25.7 Å². The Morgan fingerprint density at radius 3 is 2.88 bits per heavy atom. The van der Waals surface area contributed by atoms with E-state index in [1.165, 1.54) is 11.3 Å². The number of nitrogen functional groups attached to an aromatic ring is 1. The number of nitrogens with zero attached hydrogens (tertiary/aromatic N) is 5. The second-order valence-corrected chi connectivity index (χ2v) is 7.70. The highest BCUT2D eigenvalue weighted by Gasteiger charge is 2.33. The molecule has 1 aliphatic heterocycles. The summed E-state index contributed by atoms with van der Waals surface area (Å²) >= 11 is 1.38. The van der Waals surface area contributed by atoms with Crippen molar-refractivity contribution in [3.63, 3.8) is 0 Å². The zero-order valence-corrected chi connectivity index (χ0v) is 15.3. The molecule has 0 bridgehead atoms. The van der Waals surface area contributed by atoms with Gasteiger partial charge in [-0.2, -0.15) is 4.98 Å². The number of nitrogens with two attached hydrogens (primary N) is 1. The Kier molecular flexibility index (Phi) is 4.65. The molecule has 3 rings (SSSR count). The van der Waals surface area contributed by atoms with Crippen molar-refractivity contribution in [1.29, 1.82) is 0 Å². The second kappa shape index (κ2) is 6.60. The van der Waals surface area contributed by atoms with Gasteiger partial charge in [0.1, 0.15) is 11.1 Å². The number of hydrogen-bond acceptors (Lipinski definition) is 9. The van der Waals surface area contributed by atoms with Gasteiger partial charge in [-0.25, -0.2) is 14.8 Å². The van der Waals surface area contributed by atoms with Crippen LogP contribution in [0, 0.1) is 0 Å². The highest BCUT2D eigenvalue weighted by atomic mass is 32.1. The first kappa shape index (κ1) is 17.6. The van der Waals surface area contributed by atoms with Crippen molar-refractivity contribution in [3.8, 4) is 0 Å². The summed E-state index contributed by atoms with van der Waals surface area (Å²) in [4.78, 5) is 29.3. The Bertz CT molecular complexity index is 774. The van der Waals surface area contributed by atoms with Crippen molar-refractivity contribution in [2.24, 2.45) is 0 Å². The maximum absolute atomic E-state index is 12.3. The Labute approximate surface area is 149 Å². The normalized spacial score (nSPS) is 18.6. The second-order valence-electron chi connectivity index (χ2n) is 6.87. The standard InChI is InChI=1S/C15H22N6O3S/c1-15(2,3)24-14(23)20-4-5-21(9(6-20)7-22)11-10-12(25-8-17-10)19-13(16)18-11/h8-9,22H,4-7H2,1-3H3,(H2,16,18,19)/t9-/m0/s1. The number of carbonyl (C=O) groups is 1. The molecule has 0 unspecified atom stereocenters. The van der Waals surface area contributed by atoms with E-state index in [0.717, 1.165) is 0 Å². The predicted octanol–water partition coefficient (Wildman–Crippen LogP) is 1.09. The van der Waals surface area contributed by atoms with E-state index < -0.39 is 5.60 Å². The zero-order chi connectivity index (χ0) is 18.2. The van der Waals surface area contributed by atoms with Crippen molar-refractivity contribution in [2.75, 3.05) is 36.9 Å². The van der Waals surface area contributed by atoms with Crippen molar-refractivity contribution >= 4 is 39.5 Å². The molecular formula is C15H22N6O3S. The maximum atomic E-state index is 12.3. The van der Waals surface area contributed by atoms with Gasteiger partial charge in [0.15, 0.2) is 10.6 Å². The average molecular weight is 366 g/mol. The fraction of sp³-hybridized carbons (Fsp3) is 0.600. The molecule has 0 aliphatic carbocycles. The molecule has 1 aliphatic rings. The fourth-order valence-corrected chi connectivity index (χ4v) is 3.41. The molecule has 10 heteroatoms. The molecule has 1 atom stereocenters. The first-order chi connectivity index (χ1) is 11.8. The van der Waals surface area contributed by atoms with Crippen LogP contribution in [-0.2, 0) is 4.74 Å². The third-order valence-corrected chi connectivity index (χ3v) is 4.53. The molecular weight excluding hydrogens is 344 g/mol. The zero-order valence-electron chi connectivity index (χ0n) is 14.5. The number of aliphatic hydroxyl groups excluding tert-OH is 1. The number of rotatable bonds is 2. The van der Waals surface area contributed by atoms with Gasteiger partial charge in [0.2, 0.25) is 5.95 Å². The lowest BCUT2D eigenvalue weighted by atomic mass is 10.1. The topological polar surface area (TPSA) is 118 Å². The highest BCUT2D eigenvalue weighted by Crippen LogP contribution is 2.29. The predicted molar refractivity (Wildman–Crippen MR) is 95.6 cm³/mol. The third kappa shape index (κ3) is 3.74. The van der Waals surface area contributed by atoms with Gasteiger partial charge < -0.3 is 25.4 Å². The molecule has 9 nitrogen and oxygen atoms in total. The summed E-state index contributed by atoms with van der Waals surface area (Å²) in [7, 11) is 0. The van der Waals surface area contributed by atoms with Gasteiger partial charge >= 0.3 is 6.09 Å². The van der Waals surface area contributed by atoms with Crippen molar-refractivity contribution in [3.05, 3.63) is 5.51 Å². The van der Waals surface area contributed by atoms with Crippen LogP contribution in [0.5, 0.6) is 0 Å². The quantitative estimate of drug-likeness (QED) is 0.811. The van der Waals surface area contributed by atoms with Crippen molar-refractivity contribution in [1.82, 2.24) is 19.9 Å². The molecule has 3 heterocycles. The van der Waals surface area contributed by atoms with E-state index >= 15 is 0 Å². The summed E-state index contributed by atoms with van der Waals surface area (Å²) in [6.45, 7) is 6.64. The van der Waals surface area contributed by atoms with Gasteiger partial charge in [-0.1, -0.05) is 0 Å². The molecule has 2 aromatic heterocycles. The minimum absolute atomic E-state index is 0.130. The number of fused-ring (bicyclic) bond motifs is 1. The van der Waals surface area contributed by atoms with E-state index in [9.17, 15) is 9.90 Å². The van der Waals surface area contributed by atoms with Gasteiger partial charge in [0, 0.05) is 19.6 Å². The lowest BCUT2D eigenvalue weighted by Crippen LogP contribution is -2.57. The molecule has 1 amide bonds. The Balaban J connectivity index is 1.83. The summed E-state index contributed by atoms with van der Waals surface area (Å²) in [5.74, 6) is 0.754. The summed E-state index contributed by atoms with van der Waals surface area (Å²) in [6.07, 6.45) is -0.383. The largest absolute Gasteiger partial charge is 0.444 e. The van der Waals surface area contributed by atoms with E-state index in [1.54, 1.807) is 10.4 Å². The van der Waals surface area contributed by atoms with Crippen LogP contribution in [0.1, 0.15) is 20.8 Å². The summed E-state index contributed by atoms with van der Waals surface area (Å²) < 4.78 is 5.42. The first-order valence-corrected chi connectivity index (χ1v) is 8.88. The molecule has 136 valence electrons. The minimum atomic E-state index is -0.559. The van der Waals surface area contributed by atoms with E-state index in [-0.39, 0.29) is 24.7 Å². The summed E-state index contributed by atoms with van der Waals surface area (Å²) in [6, 6.07) is -0.319. The maximum Gasteiger partial charge on any atom is 0.410 e. The van der Waals surface area contributed by atoms with Crippen molar-refractivity contribution in [2.45, 2.75) is 32.4 Å². The molecule has 1 saturated heterocycles. The number of thiazole rings is 1. The van der Waals surface area contributed by atoms with Gasteiger partial charge in [-0.3, -0.25) is 0 Å².